The summed E-state index contributed by atoms with van der Waals surface area (Å²) < 4.78 is 0. The standard InChI is InChI=1S/C25H23N5OS/c1-4-21(24(31)29-18-11-10-15(2)16(3)12-18)32-25-20(14-27)22(17-8-6-5-7-9-17)19(13-26)23(28)30-25/h5-12,21H,4H2,1-3H3,(H2,28,30)(H,29,31). The van der Waals surface area contributed by atoms with Crippen molar-refractivity contribution in [3.05, 3.63) is 70.8 Å². The highest BCUT2D eigenvalue weighted by molar-refractivity contribution is 8.00. The van der Waals surface area contributed by atoms with Crippen molar-refractivity contribution >= 4 is 29.2 Å². The molecule has 1 atom stereocenters. The lowest BCUT2D eigenvalue weighted by Gasteiger charge is -2.18. The van der Waals surface area contributed by atoms with E-state index in [0.29, 0.717) is 22.6 Å². The molecule has 32 heavy (non-hydrogen) atoms. The Kier molecular flexibility index (Phi) is 7.14. The molecule has 0 saturated carbocycles. The maximum atomic E-state index is 13.0. The van der Waals surface area contributed by atoms with Crippen LogP contribution in [0.15, 0.2) is 53.6 Å². The predicted molar refractivity (Wildman–Crippen MR) is 128 cm³/mol. The topological polar surface area (TPSA) is 116 Å². The van der Waals surface area contributed by atoms with Crippen LogP contribution in [0, 0.1) is 36.5 Å². The first kappa shape index (κ1) is 22.9. The van der Waals surface area contributed by atoms with Gasteiger partial charge in [-0.05, 0) is 49.1 Å². The second-order valence-corrected chi connectivity index (χ2v) is 8.51. The fourth-order valence-electron chi connectivity index (χ4n) is 3.28. The number of hydrogen-bond acceptors (Lipinski definition) is 6. The molecule has 0 spiro atoms. The third kappa shape index (κ3) is 4.74. The summed E-state index contributed by atoms with van der Waals surface area (Å²) >= 11 is 1.18. The van der Waals surface area contributed by atoms with Crippen LogP contribution in [0.2, 0.25) is 0 Å². The molecule has 0 fully saturated rings. The lowest BCUT2D eigenvalue weighted by Crippen LogP contribution is -2.25. The molecular weight excluding hydrogens is 418 g/mol. The second kappa shape index (κ2) is 10.00. The van der Waals surface area contributed by atoms with Crippen molar-refractivity contribution < 1.29 is 4.79 Å². The van der Waals surface area contributed by atoms with E-state index in [-0.39, 0.29) is 22.9 Å². The minimum atomic E-state index is -0.493. The number of nitrogens with zero attached hydrogens (tertiary/aromatic N) is 3. The lowest BCUT2D eigenvalue weighted by atomic mass is 9.97. The van der Waals surface area contributed by atoms with E-state index >= 15 is 0 Å². The minimum Gasteiger partial charge on any atom is -0.383 e. The molecule has 2 aromatic carbocycles. The molecule has 7 heteroatoms. The van der Waals surface area contributed by atoms with Gasteiger partial charge >= 0.3 is 0 Å². The molecule has 0 aliphatic rings. The van der Waals surface area contributed by atoms with E-state index in [9.17, 15) is 15.3 Å². The Hall–Kier alpha value is -3.81. The van der Waals surface area contributed by atoms with Crippen LogP contribution < -0.4 is 11.1 Å². The van der Waals surface area contributed by atoms with Crippen molar-refractivity contribution in [3.8, 4) is 23.3 Å². The number of amides is 1. The SMILES string of the molecule is CCC(Sc1nc(N)c(C#N)c(-c2ccccc2)c1C#N)C(=O)Nc1ccc(C)c(C)c1. The van der Waals surface area contributed by atoms with Gasteiger partial charge in [0.05, 0.1) is 10.8 Å². The van der Waals surface area contributed by atoms with E-state index in [2.05, 4.69) is 22.4 Å². The Balaban J connectivity index is 1.99. The van der Waals surface area contributed by atoms with Crippen molar-refractivity contribution in [3.63, 3.8) is 0 Å². The zero-order valence-electron chi connectivity index (χ0n) is 18.1. The second-order valence-electron chi connectivity index (χ2n) is 7.32. The van der Waals surface area contributed by atoms with Crippen molar-refractivity contribution in [2.45, 2.75) is 37.5 Å². The fraction of sp³-hybridized carbons (Fsp3) is 0.200. The molecule has 0 saturated heterocycles. The Labute approximate surface area is 192 Å². The predicted octanol–water partition coefficient (Wildman–Crippen LogP) is 5.20. The van der Waals surface area contributed by atoms with Crippen LogP contribution in [0.1, 0.15) is 35.6 Å². The molecular formula is C25H23N5OS. The first-order chi connectivity index (χ1) is 15.4. The first-order valence-corrected chi connectivity index (χ1v) is 11.0. The Morgan fingerprint density at radius 1 is 1.09 bits per heavy atom. The molecule has 0 bridgehead atoms. The van der Waals surface area contributed by atoms with E-state index < -0.39 is 5.25 Å². The summed E-state index contributed by atoms with van der Waals surface area (Å²) in [6.07, 6.45) is 0.522. The number of benzene rings is 2. The number of nitrogen functional groups attached to an aromatic ring is 1. The van der Waals surface area contributed by atoms with E-state index in [1.807, 2.05) is 69.3 Å². The quantitative estimate of drug-likeness (QED) is 0.508. The highest BCUT2D eigenvalue weighted by Crippen LogP contribution is 2.37. The van der Waals surface area contributed by atoms with E-state index in [1.165, 1.54) is 11.8 Å². The number of aromatic nitrogens is 1. The van der Waals surface area contributed by atoms with E-state index in [1.54, 1.807) is 0 Å². The van der Waals surface area contributed by atoms with Crippen molar-refractivity contribution in [1.29, 1.82) is 10.5 Å². The summed E-state index contributed by atoms with van der Waals surface area (Å²) in [5.74, 6) is -0.145. The average Bonchev–Trinajstić information content (AvgIpc) is 2.79. The molecule has 1 unspecified atom stereocenters. The van der Waals surface area contributed by atoms with Gasteiger partial charge in [0.25, 0.3) is 0 Å². The van der Waals surface area contributed by atoms with Gasteiger partial charge in [-0.25, -0.2) is 4.98 Å². The number of rotatable bonds is 6. The number of aryl methyl sites for hydroxylation is 2. The third-order valence-corrected chi connectivity index (χ3v) is 6.52. The Morgan fingerprint density at radius 3 is 2.38 bits per heavy atom. The van der Waals surface area contributed by atoms with Gasteiger partial charge in [0.1, 0.15) is 28.5 Å². The smallest absolute Gasteiger partial charge is 0.237 e. The maximum absolute atomic E-state index is 13.0. The molecule has 0 aliphatic heterocycles. The van der Waals surface area contributed by atoms with E-state index in [0.717, 1.165) is 16.8 Å². The number of carbonyl (C=O) groups is 1. The van der Waals surface area contributed by atoms with Crippen LogP contribution >= 0.6 is 11.8 Å². The van der Waals surface area contributed by atoms with Crippen LogP contribution in [0.5, 0.6) is 0 Å². The Bertz CT molecular complexity index is 1240. The van der Waals surface area contributed by atoms with Crippen LogP contribution in [0.3, 0.4) is 0 Å². The summed E-state index contributed by atoms with van der Waals surface area (Å²) in [4.78, 5) is 17.3. The number of nitrogens with one attached hydrogen (secondary N) is 1. The number of hydrogen-bond donors (Lipinski definition) is 2. The fourth-order valence-corrected chi connectivity index (χ4v) is 4.29. The molecule has 0 radical (unpaired) electrons. The molecule has 160 valence electrons. The monoisotopic (exact) mass is 441 g/mol. The highest BCUT2D eigenvalue weighted by atomic mass is 32.2. The summed E-state index contributed by atoms with van der Waals surface area (Å²) in [5.41, 5.74) is 10.6. The van der Waals surface area contributed by atoms with Gasteiger partial charge in [0.2, 0.25) is 5.91 Å². The minimum absolute atomic E-state index is 0.0391. The highest BCUT2D eigenvalue weighted by Gasteiger charge is 2.25. The van der Waals surface area contributed by atoms with Crippen LogP contribution in [0.4, 0.5) is 11.5 Å². The van der Waals surface area contributed by atoms with Crippen molar-refractivity contribution in [2.75, 3.05) is 11.1 Å². The van der Waals surface area contributed by atoms with Gasteiger partial charge in [-0.2, -0.15) is 10.5 Å². The van der Waals surface area contributed by atoms with Gasteiger partial charge in [-0.15, -0.1) is 0 Å². The average molecular weight is 442 g/mol. The number of nitriles is 2. The Morgan fingerprint density at radius 2 is 1.78 bits per heavy atom. The summed E-state index contributed by atoms with van der Waals surface area (Å²) in [5, 5.41) is 22.4. The molecule has 3 aromatic rings. The van der Waals surface area contributed by atoms with Gasteiger partial charge in [-0.1, -0.05) is 55.1 Å². The first-order valence-electron chi connectivity index (χ1n) is 10.1. The van der Waals surface area contributed by atoms with Crippen molar-refractivity contribution in [2.24, 2.45) is 0 Å². The largest absolute Gasteiger partial charge is 0.383 e. The van der Waals surface area contributed by atoms with Crippen LogP contribution in [-0.2, 0) is 4.79 Å². The number of thioether (sulfide) groups is 1. The van der Waals surface area contributed by atoms with Gasteiger partial charge in [0, 0.05) is 11.3 Å². The molecule has 6 nitrogen and oxygen atoms in total. The lowest BCUT2D eigenvalue weighted by molar-refractivity contribution is -0.115. The van der Waals surface area contributed by atoms with E-state index in [4.69, 9.17) is 5.73 Å². The number of anilines is 2. The molecule has 1 aromatic heterocycles. The zero-order chi connectivity index (χ0) is 23.3. The van der Waals surface area contributed by atoms with Crippen molar-refractivity contribution in [1.82, 2.24) is 4.98 Å². The van der Waals surface area contributed by atoms with Gasteiger partial charge in [0.15, 0.2) is 0 Å². The number of pyridine rings is 1. The molecule has 3 N–H and O–H groups in total. The molecule has 0 aliphatic carbocycles. The van der Waals surface area contributed by atoms with Gasteiger partial charge in [-0.3, -0.25) is 4.79 Å². The van der Waals surface area contributed by atoms with Crippen LogP contribution in [0.25, 0.3) is 11.1 Å². The number of carbonyl (C=O) groups excluding carboxylic acids is 1. The van der Waals surface area contributed by atoms with Gasteiger partial charge < -0.3 is 11.1 Å². The normalized spacial score (nSPS) is 11.3. The van der Waals surface area contributed by atoms with Crippen LogP contribution in [-0.4, -0.2) is 16.1 Å². The molecule has 1 amide bonds. The molecule has 3 rings (SSSR count). The zero-order valence-corrected chi connectivity index (χ0v) is 19.0. The maximum Gasteiger partial charge on any atom is 0.237 e. The summed E-state index contributed by atoms with van der Waals surface area (Å²) in [6.45, 7) is 5.90. The third-order valence-electron chi connectivity index (χ3n) is 5.17. The molecule has 1 heterocycles. The summed E-state index contributed by atoms with van der Waals surface area (Å²) in [6, 6.07) is 19.1. The number of nitrogens with two attached hydrogens (primary N) is 1. The summed E-state index contributed by atoms with van der Waals surface area (Å²) in [7, 11) is 0.